The topological polar surface area (TPSA) is 51.5 Å². The van der Waals surface area contributed by atoms with Crippen molar-refractivity contribution in [2.24, 2.45) is 0 Å². The number of thioether (sulfide) groups is 1. The smallest absolute Gasteiger partial charge is 0.293 e. The summed E-state index contributed by atoms with van der Waals surface area (Å²) in [6.45, 7) is 6.50. The second kappa shape index (κ2) is 9.38. The van der Waals surface area contributed by atoms with Crippen LogP contribution in [0.2, 0.25) is 0 Å². The van der Waals surface area contributed by atoms with E-state index >= 15 is 0 Å². The van der Waals surface area contributed by atoms with E-state index in [9.17, 15) is 9.59 Å². The third-order valence-electron chi connectivity index (χ3n) is 5.29. The van der Waals surface area contributed by atoms with Gasteiger partial charge in [-0.15, -0.1) is 0 Å². The monoisotopic (exact) mass is 510 g/mol. The minimum absolute atomic E-state index is 0.216. The average Bonchev–Trinajstić information content (AvgIpc) is 3.18. The first-order chi connectivity index (χ1) is 15.3. The fourth-order valence-corrected chi connectivity index (χ4v) is 4.84. The lowest BCUT2D eigenvalue weighted by Crippen LogP contribution is -2.32. The van der Waals surface area contributed by atoms with E-state index < -0.39 is 0 Å². The largest absolute Gasteiger partial charge is 0.492 e. The highest BCUT2D eigenvalue weighted by Crippen LogP contribution is 2.33. The van der Waals surface area contributed by atoms with Gasteiger partial charge in [0.1, 0.15) is 12.4 Å². The Labute approximate surface area is 200 Å². The van der Waals surface area contributed by atoms with Crippen LogP contribution in [0.25, 0.3) is 11.8 Å². The van der Waals surface area contributed by atoms with Gasteiger partial charge < -0.3 is 9.30 Å². The zero-order valence-corrected chi connectivity index (χ0v) is 20.5. The summed E-state index contributed by atoms with van der Waals surface area (Å²) in [6.07, 6.45) is 1.81. The van der Waals surface area contributed by atoms with Crippen LogP contribution in [-0.2, 0) is 4.79 Å². The Morgan fingerprint density at radius 1 is 1.03 bits per heavy atom. The number of carbonyl (C=O) groups is 2. The van der Waals surface area contributed by atoms with Gasteiger partial charge in [-0.3, -0.25) is 14.5 Å². The maximum Gasteiger partial charge on any atom is 0.293 e. The summed E-state index contributed by atoms with van der Waals surface area (Å²) in [7, 11) is 0. The van der Waals surface area contributed by atoms with Gasteiger partial charge in [-0.2, -0.15) is 0 Å². The molecule has 2 heterocycles. The highest BCUT2D eigenvalue weighted by Gasteiger charge is 2.35. The van der Waals surface area contributed by atoms with Crippen LogP contribution in [0.15, 0.2) is 64.0 Å². The molecule has 0 aliphatic carbocycles. The quantitative estimate of drug-likeness (QED) is 0.366. The Morgan fingerprint density at radius 3 is 2.50 bits per heavy atom. The van der Waals surface area contributed by atoms with Gasteiger partial charge >= 0.3 is 0 Å². The number of benzene rings is 2. The van der Waals surface area contributed by atoms with Gasteiger partial charge in [0.05, 0.1) is 11.4 Å². The molecule has 1 aliphatic heterocycles. The van der Waals surface area contributed by atoms with Crippen molar-refractivity contribution in [2.75, 3.05) is 13.2 Å². The van der Waals surface area contributed by atoms with Crippen LogP contribution in [0.5, 0.6) is 5.75 Å². The number of amides is 2. The number of halogens is 1. The van der Waals surface area contributed by atoms with Crippen LogP contribution in [0.1, 0.15) is 22.5 Å². The van der Waals surface area contributed by atoms with E-state index in [1.807, 2.05) is 81.4 Å². The van der Waals surface area contributed by atoms with Crippen LogP contribution < -0.4 is 4.74 Å². The first-order valence-corrected chi connectivity index (χ1v) is 11.8. The number of rotatable bonds is 6. The SMILES string of the molecule is Cc1cccc(OCCN2C(=O)S/C(=C\c3cc(C)n(-c4ccc(Br)cc4)c3C)C2=O)c1. The molecule has 3 aromatic rings. The summed E-state index contributed by atoms with van der Waals surface area (Å²) in [6, 6.07) is 17.8. The molecule has 0 atom stereocenters. The lowest BCUT2D eigenvalue weighted by Gasteiger charge is -2.13. The van der Waals surface area contributed by atoms with Crippen molar-refractivity contribution in [3.63, 3.8) is 0 Å². The van der Waals surface area contributed by atoms with Crippen molar-refractivity contribution in [3.8, 4) is 11.4 Å². The number of hydrogen-bond acceptors (Lipinski definition) is 4. The molecule has 7 heteroatoms. The van der Waals surface area contributed by atoms with Gasteiger partial charge in [0.25, 0.3) is 11.1 Å². The van der Waals surface area contributed by atoms with Crippen molar-refractivity contribution in [2.45, 2.75) is 20.8 Å². The lowest BCUT2D eigenvalue weighted by molar-refractivity contribution is -0.123. The normalized spacial score (nSPS) is 15.1. The summed E-state index contributed by atoms with van der Waals surface area (Å²) < 4.78 is 8.87. The first-order valence-electron chi connectivity index (χ1n) is 10.2. The number of aryl methyl sites for hydroxylation is 2. The molecule has 4 rings (SSSR count). The molecule has 1 aliphatic rings. The fraction of sp³-hybridized carbons (Fsp3) is 0.200. The molecule has 2 aromatic carbocycles. The molecule has 0 radical (unpaired) electrons. The lowest BCUT2D eigenvalue weighted by atomic mass is 10.2. The summed E-state index contributed by atoms with van der Waals surface area (Å²) in [5.74, 6) is 0.453. The Hall–Kier alpha value is -2.77. The maximum atomic E-state index is 12.9. The second-order valence-electron chi connectivity index (χ2n) is 7.64. The van der Waals surface area contributed by atoms with E-state index in [4.69, 9.17) is 4.74 Å². The standard InChI is InChI=1S/C25H23BrN2O3S/c1-16-5-4-6-22(13-16)31-12-11-27-24(29)23(32-25(27)30)15-19-14-17(2)28(18(19)3)21-9-7-20(26)8-10-21/h4-10,13-15H,11-12H2,1-3H3/b23-15-. The summed E-state index contributed by atoms with van der Waals surface area (Å²) in [5.41, 5.74) is 5.13. The Kier molecular flexibility index (Phi) is 6.58. The van der Waals surface area contributed by atoms with Crippen LogP contribution in [0.4, 0.5) is 4.79 Å². The average molecular weight is 511 g/mol. The van der Waals surface area contributed by atoms with E-state index in [2.05, 4.69) is 20.5 Å². The summed E-state index contributed by atoms with van der Waals surface area (Å²) >= 11 is 4.44. The number of hydrogen-bond donors (Lipinski definition) is 0. The predicted octanol–water partition coefficient (Wildman–Crippen LogP) is 6.28. The van der Waals surface area contributed by atoms with Gasteiger partial charge in [0.15, 0.2) is 0 Å². The predicted molar refractivity (Wildman–Crippen MR) is 132 cm³/mol. The third kappa shape index (κ3) is 4.69. The van der Waals surface area contributed by atoms with Gasteiger partial charge in [-0.05, 0) is 92.2 Å². The highest BCUT2D eigenvalue weighted by molar-refractivity contribution is 9.10. The van der Waals surface area contributed by atoms with Crippen molar-refractivity contribution < 1.29 is 14.3 Å². The molecule has 1 aromatic heterocycles. The van der Waals surface area contributed by atoms with Crippen LogP contribution >= 0.6 is 27.7 Å². The van der Waals surface area contributed by atoms with E-state index in [1.54, 1.807) is 0 Å². The van der Waals surface area contributed by atoms with Gasteiger partial charge in [-0.1, -0.05) is 28.1 Å². The molecular formula is C25H23BrN2O3S. The number of imide groups is 1. The molecule has 0 saturated carbocycles. The highest BCUT2D eigenvalue weighted by atomic mass is 79.9. The molecule has 1 fully saturated rings. The van der Waals surface area contributed by atoms with Crippen molar-refractivity contribution in [1.82, 2.24) is 9.47 Å². The first kappa shape index (κ1) is 22.4. The molecule has 32 heavy (non-hydrogen) atoms. The fourth-order valence-electron chi connectivity index (χ4n) is 3.72. The molecule has 0 N–H and O–H groups in total. The summed E-state index contributed by atoms with van der Waals surface area (Å²) in [4.78, 5) is 27.0. The minimum atomic E-state index is -0.277. The van der Waals surface area contributed by atoms with E-state index in [-0.39, 0.29) is 24.3 Å². The van der Waals surface area contributed by atoms with E-state index in [1.165, 1.54) is 4.90 Å². The maximum absolute atomic E-state index is 12.9. The second-order valence-corrected chi connectivity index (χ2v) is 9.55. The number of nitrogens with zero attached hydrogens (tertiary/aromatic N) is 2. The Morgan fingerprint density at radius 2 is 1.78 bits per heavy atom. The van der Waals surface area contributed by atoms with Gasteiger partial charge in [-0.25, -0.2) is 0 Å². The van der Waals surface area contributed by atoms with E-state index in [0.29, 0.717) is 4.91 Å². The molecule has 0 unspecified atom stereocenters. The number of carbonyl (C=O) groups excluding carboxylic acids is 2. The van der Waals surface area contributed by atoms with Crippen molar-refractivity contribution >= 4 is 44.9 Å². The Balaban J connectivity index is 1.49. The Bertz CT molecular complexity index is 1210. The van der Waals surface area contributed by atoms with Crippen molar-refractivity contribution in [3.05, 3.63) is 86.5 Å². The molecule has 0 bridgehead atoms. The molecule has 5 nitrogen and oxygen atoms in total. The van der Waals surface area contributed by atoms with Crippen LogP contribution in [0.3, 0.4) is 0 Å². The van der Waals surface area contributed by atoms with Gasteiger partial charge in [0, 0.05) is 21.5 Å². The number of ether oxygens (including phenoxy) is 1. The molecule has 2 amide bonds. The third-order valence-corrected chi connectivity index (χ3v) is 6.72. The molecule has 164 valence electrons. The van der Waals surface area contributed by atoms with Crippen molar-refractivity contribution in [1.29, 1.82) is 0 Å². The molecule has 1 saturated heterocycles. The molecule has 0 spiro atoms. The number of aromatic nitrogens is 1. The van der Waals surface area contributed by atoms with Gasteiger partial charge in [0.2, 0.25) is 0 Å². The zero-order valence-electron chi connectivity index (χ0n) is 18.1. The summed E-state index contributed by atoms with van der Waals surface area (Å²) in [5, 5.41) is -0.268. The minimum Gasteiger partial charge on any atom is -0.492 e. The van der Waals surface area contributed by atoms with E-state index in [0.717, 1.165) is 50.2 Å². The van der Waals surface area contributed by atoms with Crippen LogP contribution in [0, 0.1) is 20.8 Å². The molecular weight excluding hydrogens is 488 g/mol. The zero-order chi connectivity index (χ0) is 22.8. The van der Waals surface area contributed by atoms with Crippen LogP contribution in [-0.4, -0.2) is 33.8 Å².